The molecule has 6 heteroatoms. The van der Waals surface area contributed by atoms with E-state index >= 15 is 0 Å². The third-order valence-electron chi connectivity index (χ3n) is 2.63. The fourth-order valence-corrected chi connectivity index (χ4v) is 1.73. The van der Waals surface area contributed by atoms with Crippen LogP contribution in [0.5, 0.6) is 11.5 Å². The monoisotopic (exact) mass is 263 g/mol. The van der Waals surface area contributed by atoms with E-state index < -0.39 is 0 Å². The SMILES string of the molecule is CCNCc1noc(-c2cccc(OC)c2OC)n1. The number of methoxy groups -OCH3 is 2. The van der Waals surface area contributed by atoms with Gasteiger partial charge in [-0.3, -0.25) is 0 Å². The number of aromatic nitrogens is 2. The number of benzene rings is 1. The molecule has 0 saturated heterocycles. The molecule has 1 heterocycles. The Bertz CT molecular complexity index is 540. The van der Waals surface area contributed by atoms with Gasteiger partial charge in [0.1, 0.15) is 0 Å². The van der Waals surface area contributed by atoms with E-state index in [0.29, 0.717) is 29.8 Å². The van der Waals surface area contributed by atoms with Crippen LogP contribution >= 0.6 is 0 Å². The smallest absolute Gasteiger partial charge is 0.261 e. The van der Waals surface area contributed by atoms with Crippen molar-refractivity contribution in [2.45, 2.75) is 13.5 Å². The lowest BCUT2D eigenvalue weighted by atomic mass is 10.2. The van der Waals surface area contributed by atoms with Crippen molar-refractivity contribution < 1.29 is 14.0 Å². The standard InChI is InChI=1S/C13H17N3O3/c1-4-14-8-11-15-13(19-16-11)9-6-5-7-10(17-2)12(9)18-3/h5-7,14H,4,8H2,1-3H3. The second kappa shape index (κ2) is 6.19. The first-order valence-corrected chi connectivity index (χ1v) is 6.04. The highest BCUT2D eigenvalue weighted by atomic mass is 16.5. The zero-order valence-electron chi connectivity index (χ0n) is 11.3. The van der Waals surface area contributed by atoms with Crippen molar-refractivity contribution in [1.29, 1.82) is 0 Å². The summed E-state index contributed by atoms with van der Waals surface area (Å²) < 4.78 is 15.8. The molecule has 1 aromatic heterocycles. The van der Waals surface area contributed by atoms with Crippen LogP contribution in [0.1, 0.15) is 12.7 Å². The molecular formula is C13H17N3O3. The lowest BCUT2D eigenvalue weighted by Gasteiger charge is -2.09. The average molecular weight is 263 g/mol. The predicted octanol–water partition coefficient (Wildman–Crippen LogP) is 1.86. The van der Waals surface area contributed by atoms with Crippen molar-refractivity contribution in [3.8, 4) is 23.0 Å². The quantitative estimate of drug-likeness (QED) is 0.858. The molecule has 1 N–H and O–H groups in total. The van der Waals surface area contributed by atoms with Gasteiger partial charge in [-0.25, -0.2) is 0 Å². The third kappa shape index (κ3) is 2.85. The van der Waals surface area contributed by atoms with Crippen molar-refractivity contribution in [3.05, 3.63) is 24.0 Å². The first-order chi connectivity index (χ1) is 9.30. The molecule has 0 unspecified atom stereocenters. The van der Waals surface area contributed by atoms with Crippen LogP contribution in [0.3, 0.4) is 0 Å². The Hall–Kier alpha value is -2.08. The molecule has 0 atom stereocenters. The van der Waals surface area contributed by atoms with E-state index in [9.17, 15) is 0 Å². The van der Waals surface area contributed by atoms with Crippen LogP contribution in [-0.4, -0.2) is 30.9 Å². The number of nitrogens with zero attached hydrogens (tertiary/aromatic N) is 2. The van der Waals surface area contributed by atoms with Gasteiger partial charge < -0.3 is 19.3 Å². The van der Waals surface area contributed by atoms with Gasteiger partial charge in [0.2, 0.25) is 0 Å². The average Bonchev–Trinajstić information content (AvgIpc) is 2.92. The minimum Gasteiger partial charge on any atom is -0.493 e. The molecule has 0 saturated carbocycles. The summed E-state index contributed by atoms with van der Waals surface area (Å²) in [6.45, 7) is 3.45. The fraction of sp³-hybridized carbons (Fsp3) is 0.385. The van der Waals surface area contributed by atoms with Gasteiger partial charge in [0.25, 0.3) is 5.89 Å². The Morgan fingerprint density at radius 1 is 1.26 bits per heavy atom. The van der Waals surface area contributed by atoms with Crippen LogP contribution in [0.15, 0.2) is 22.7 Å². The maximum Gasteiger partial charge on any atom is 0.261 e. The lowest BCUT2D eigenvalue weighted by Crippen LogP contribution is -2.12. The molecule has 0 radical (unpaired) electrons. The minimum atomic E-state index is 0.420. The van der Waals surface area contributed by atoms with Crippen molar-refractivity contribution in [2.24, 2.45) is 0 Å². The first-order valence-electron chi connectivity index (χ1n) is 6.04. The molecule has 19 heavy (non-hydrogen) atoms. The Morgan fingerprint density at radius 2 is 2.11 bits per heavy atom. The normalized spacial score (nSPS) is 10.5. The maximum absolute atomic E-state index is 5.34. The summed E-state index contributed by atoms with van der Waals surface area (Å²) in [5.74, 6) is 2.25. The summed E-state index contributed by atoms with van der Waals surface area (Å²) >= 11 is 0. The van der Waals surface area contributed by atoms with Gasteiger partial charge in [0.05, 0.1) is 26.3 Å². The topological polar surface area (TPSA) is 69.4 Å². The molecule has 2 rings (SSSR count). The Labute approximate surface area is 111 Å². The van der Waals surface area contributed by atoms with Gasteiger partial charge in [0.15, 0.2) is 17.3 Å². The number of nitrogens with one attached hydrogen (secondary N) is 1. The van der Waals surface area contributed by atoms with Crippen LogP contribution < -0.4 is 14.8 Å². The van der Waals surface area contributed by atoms with Crippen molar-refractivity contribution in [1.82, 2.24) is 15.5 Å². The van der Waals surface area contributed by atoms with Crippen LogP contribution in [-0.2, 0) is 6.54 Å². The summed E-state index contributed by atoms with van der Waals surface area (Å²) in [5, 5.41) is 7.06. The molecule has 0 aliphatic heterocycles. The highest BCUT2D eigenvalue weighted by molar-refractivity contribution is 5.67. The maximum atomic E-state index is 5.34. The Morgan fingerprint density at radius 3 is 2.79 bits per heavy atom. The summed E-state index contributed by atoms with van der Waals surface area (Å²) in [6.07, 6.45) is 0. The Balaban J connectivity index is 2.33. The summed E-state index contributed by atoms with van der Waals surface area (Å²) in [7, 11) is 3.17. The number of para-hydroxylation sites is 1. The van der Waals surface area contributed by atoms with Gasteiger partial charge in [-0.05, 0) is 18.7 Å². The van der Waals surface area contributed by atoms with Crippen molar-refractivity contribution in [2.75, 3.05) is 20.8 Å². The largest absolute Gasteiger partial charge is 0.493 e. The molecule has 0 fully saturated rings. The van der Waals surface area contributed by atoms with Gasteiger partial charge >= 0.3 is 0 Å². The predicted molar refractivity (Wildman–Crippen MR) is 70.2 cm³/mol. The van der Waals surface area contributed by atoms with Crippen LogP contribution in [0.25, 0.3) is 11.5 Å². The second-order valence-electron chi connectivity index (χ2n) is 3.84. The van der Waals surface area contributed by atoms with E-state index in [-0.39, 0.29) is 0 Å². The first kappa shape index (κ1) is 13.4. The zero-order chi connectivity index (χ0) is 13.7. The zero-order valence-corrected chi connectivity index (χ0v) is 11.3. The van der Waals surface area contributed by atoms with E-state index in [1.54, 1.807) is 14.2 Å². The number of hydrogen-bond acceptors (Lipinski definition) is 6. The Kier molecular flexibility index (Phi) is 4.35. The second-order valence-corrected chi connectivity index (χ2v) is 3.84. The lowest BCUT2D eigenvalue weighted by molar-refractivity contribution is 0.353. The van der Waals surface area contributed by atoms with E-state index in [2.05, 4.69) is 15.5 Å². The molecule has 0 bridgehead atoms. The highest BCUT2D eigenvalue weighted by Gasteiger charge is 2.16. The van der Waals surface area contributed by atoms with Gasteiger partial charge in [0, 0.05) is 0 Å². The molecule has 0 spiro atoms. The van der Waals surface area contributed by atoms with Crippen molar-refractivity contribution >= 4 is 0 Å². The summed E-state index contributed by atoms with van der Waals surface area (Å²) in [4.78, 5) is 4.33. The summed E-state index contributed by atoms with van der Waals surface area (Å²) in [6, 6.07) is 5.52. The third-order valence-corrected chi connectivity index (χ3v) is 2.63. The molecular weight excluding hydrogens is 246 g/mol. The molecule has 0 aliphatic rings. The molecule has 1 aromatic carbocycles. The molecule has 0 aliphatic carbocycles. The fourth-order valence-electron chi connectivity index (χ4n) is 1.73. The molecule has 2 aromatic rings. The number of ether oxygens (including phenoxy) is 2. The number of hydrogen-bond donors (Lipinski definition) is 1. The number of rotatable bonds is 6. The molecule has 6 nitrogen and oxygen atoms in total. The van der Waals surface area contributed by atoms with Gasteiger partial charge in [-0.2, -0.15) is 4.98 Å². The van der Waals surface area contributed by atoms with Crippen molar-refractivity contribution in [3.63, 3.8) is 0 Å². The van der Waals surface area contributed by atoms with E-state index in [4.69, 9.17) is 14.0 Å². The van der Waals surface area contributed by atoms with E-state index in [1.165, 1.54) is 0 Å². The van der Waals surface area contributed by atoms with Gasteiger partial charge in [-0.15, -0.1) is 0 Å². The van der Waals surface area contributed by atoms with E-state index in [1.807, 2.05) is 25.1 Å². The van der Waals surface area contributed by atoms with Crippen LogP contribution in [0.2, 0.25) is 0 Å². The highest BCUT2D eigenvalue weighted by Crippen LogP contribution is 2.36. The summed E-state index contributed by atoms with van der Waals surface area (Å²) in [5.41, 5.74) is 0.720. The van der Waals surface area contributed by atoms with E-state index in [0.717, 1.165) is 12.1 Å². The minimum absolute atomic E-state index is 0.420. The molecule has 0 amide bonds. The van der Waals surface area contributed by atoms with Crippen LogP contribution in [0.4, 0.5) is 0 Å². The van der Waals surface area contributed by atoms with Gasteiger partial charge in [-0.1, -0.05) is 18.1 Å². The molecule has 102 valence electrons. The van der Waals surface area contributed by atoms with Crippen LogP contribution in [0, 0.1) is 0 Å².